The molecule has 160 valence electrons. The van der Waals surface area contributed by atoms with E-state index in [0.717, 1.165) is 59.6 Å². The van der Waals surface area contributed by atoms with Gasteiger partial charge >= 0.3 is 0 Å². The van der Waals surface area contributed by atoms with Crippen LogP contribution in [0.3, 0.4) is 0 Å². The molecule has 3 aromatic rings. The number of nitrogens with zero attached hydrogens (tertiary/aromatic N) is 5. The number of pyridine rings is 1. The Hall–Kier alpha value is -3.39. The minimum atomic E-state index is -0.139. The minimum absolute atomic E-state index is 0.139. The molecular formula is C23H27N7O. The van der Waals surface area contributed by atoms with Gasteiger partial charge < -0.3 is 20.3 Å². The zero-order valence-corrected chi connectivity index (χ0v) is 18.1. The van der Waals surface area contributed by atoms with Gasteiger partial charge in [-0.2, -0.15) is 10.1 Å². The van der Waals surface area contributed by atoms with Gasteiger partial charge in [-0.15, -0.1) is 0 Å². The molecule has 8 nitrogen and oxygen atoms in total. The summed E-state index contributed by atoms with van der Waals surface area (Å²) in [6.07, 6.45) is -0.139. The van der Waals surface area contributed by atoms with Gasteiger partial charge in [0.05, 0.1) is 17.9 Å². The Morgan fingerprint density at radius 1 is 1.13 bits per heavy atom. The molecule has 0 amide bonds. The molecule has 1 atom stereocenters. The zero-order valence-electron chi connectivity index (χ0n) is 18.1. The second-order valence-corrected chi connectivity index (χ2v) is 7.98. The summed E-state index contributed by atoms with van der Waals surface area (Å²) >= 11 is 0. The van der Waals surface area contributed by atoms with Crippen molar-refractivity contribution in [1.29, 1.82) is 0 Å². The molecule has 1 unspecified atom stereocenters. The molecular weight excluding hydrogens is 390 g/mol. The number of aryl methyl sites for hydroxylation is 2. The van der Waals surface area contributed by atoms with Gasteiger partial charge in [-0.25, -0.2) is 0 Å². The summed E-state index contributed by atoms with van der Waals surface area (Å²) < 4.78 is 8.20. The van der Waals surface area contributed by atoms with E-state index < -0.39 is 0 Å². The number of benzene rings is 1. The number of amidine groups is 1. The van der Waals surface area contributed by atoms with E-state index in [0.29, 0.717) is 12.4 Å². The van der Waals surface area contributed by atoms with Gasteiger partial charge in [-0.3, -0.25) is 9.67 Å². The van der Waals surface area contributed by atoms with E-state index >= 15 is 0 Å². The van der Waals surface area contributed by atoms with E-state index in [-0.39, 0.29) is 6.10 Å². The first-order chi connectivity index (χ1) is 15.1. The van der Waals surface area contributed by atoms with Gasteiger partial charge in [0.2, 0.25) is 5.88 Å². The monoisotopic (exact) mass is 417 g/mol. The molecule has 2 aromatic heterocycles. The Balaban J connectivity index is 1.34. The van der Waals surface area contributed by atoms with Crippen molar-refractivity contribution in [2.75, 3.05) is 29.9 Å². The number of aliphatic imine (C=N–C) groups is 1. The van der Waals surface area contributed by atoms with Crippen LogP contribution in [0.2, 0.25) is 0 Å². The molecule has 2 aliphatic heterocycles. The van der Waals surface area contributed by atoms with Crippen LogP contribution in [0.25, 0.3) is 0 Å². The van der Waals surface area contributed by atoms with Crippen LogP contribution < -0.4 is 20.3 Å². The maximum Gasteiger partial charge on any atom is 0.220 e. The van der Waals surface area contributed by atoms with Gasteiger partial charge in [-0.1, -0.05) is 0 Å². The van der Waals surface area contributed by atoms with Crippen LogP contribution in [-0.2, 0) is 13.6 Å². The molecule has 1 aromatic carbocycles. The predicted molar refractivity (Wildman–Crippen MR) is 122 cm³/mol. The Labute approximate surface area is 182 Å². The zero-order chi connectivity index (χ0) is 21.4. The SMILES string of the molecule is CC1=NCCN1c1ccc(Nc2ccc3c(n2)OC(c2cc(C)nn2C)CNC3)cc1. The van der Waals surface area contributed by atoms with Gasteiger partial charge in [0.15, 0.2) is 6.10 Å². The number of fused-ring (bicyclic) bond motifs is 1. The quantitative estimate of drug-likeness (QED) is 0.678. The molecule has 0 bridgehead atoms. The lowest BCUT2D eigenvalue weighted by Gasteiger charge is -2.19. The fourth-order valence-corrected chi connectivity index (χ4v) is 4.13. The lowest BCUT2D eigenvalue weighted by Crippen LogP contribution is -2.24. The lowest BCUT2D eigenvalue weighted by molar-refractivity contribution is 0.193. The van der Waals surface area contributed by atoms with Crippen LogP contribution >= 0.6 is 0 Å². The number of rotatable bonds is 4. The third-order valence-corrected chi connectivity index (χ3v) is 5.71. The molecule has 0 saturated carbocycles. The van der Waals surface area contributed by atoms with Gasteiger partial charge in [-0.05, 0) is 56.3 Å². The van der Waals surface area contributed by atoms with E-state index in [9.17, 15) is 0 Å². The summed E-state index contributed by atoms with van der Waals surface area (Å²) in [5.74, 6) is 2.48. The van der Waals surface area contributed by atoms with E-state index in [4.69, 9.17) is 9.72 Å². The van der Waals surface area contributed by atoms with Crippen molar-refractivity contribution in [3.63, 3.8) is 0 Å². The molecule has 8 heteroatoms. The number of aromatic nitrogens is 3. The second-order valence-electron chi connectivity index (χ2n) is 7.98. The van der Waals surface area contributed by atoms with Crippen LogP contribution in [-0.4, -0.2) is 40.2 Å². The normalized spacial score (nSPS) is 18.2. The summed E-state index contributed by atoms with van der Waals surface area (Å²) in [5, 5.41) is 11.3. The second kappa shape index (κ2) is 8.03. The Morgan fingerprint density at radius 3 is 2.68 bits per heavy atom. The first-order valence-electron chi connectivity index (χ1n) is 10.6. The smallest absolute Gasteiger partial charge is 0.220 e. The molecule has 4 heterocycles. The van der Waals surface area contributed by atoms with Gasteiger partial charge in [0.1, 0.15) is 11.7 Å². The minimum Gasteiger partial charge on any atom is -0.466 e. The maximum atomic E-state index is 6.32. The van der Waals surface area contributed by atoms with Crippen LogP contribution in [0.1, 0.15) is 30.0 Å². The molecule has 0 fully saturated rings. The fraction of sp³-hybridized carbons (Fsp3) is 0.348. The number of hydrogen-bond acceptors (Lipinski definition) is 7. The lowest BCUT2D eigenvalue weighted by atomic mass is 10.2. The first-order valence-corrected chi connectivity index (χ1v) is 10.6. The molecule has 0 saturated heterocycles. The average Bonchev–Trinajstić information content (AvgIpc) is 3.26. The summed E-state index contributed by atoms with van der Waals surface area (Å²) in [4.78, 5) is 11.4. The van der Waals surface area contributed by atoms with Crippen molar-refractivity contribution in [3.05, 3.63) is 59.4 Å². The van der Waals surface area contributed by atoms with Crippen molar-refractivity contribution in [2.45, 2.75) is 26.5 Å². The highest BCUT2D eigenvalue weighted by Gasteiger charge is 2.23. The third-order valence-electron chi connectivity index (χ3n) is 5.71. The van der Waals surface area contributed by atoms with Gasteiger partial charge in [0.25, 0.3) is 0 Å². The van der Waals surface area contributed by atoms with Crippen molar-refractivity contribution >= 4 is 23.0 Å². The van der Waals surface area contributed by atoms with Crippen LogP contribution in [0.5, 0.6) is 5.88 Å². The van der Waals surface area contributed by atoms with Crippen molar-refractivity contribution in [2.24, 2.45) is 12.0 Å². The van der Waals surface area contributed by atoms with E-state index in [1.165, 1.54) is 0 Å². The standard InChI is InChI=1S/C23H27N7O/c1-15-12-20(29(3)28-15)21-14-24-13-17-4-9-22(27-23(17)31-21)26-18-5-7-19(8-6-18)30-11-10-25-16(30)2/h4-9,12,21,24H,10-11,13-14H2,1-3H3,(H,26,27). The van der Waals surface area contributed by atoms with E-state index in [2.05, 4.69) is 62.0 Å². The number of ether oxygens (including phenoxy) is 1. The largest absolute Gasteiger partial charge is 0.466 e. The van der Waals surface area contributed by atoms with E-state index in [1.54, 1.807) is 0 Å². The molecule has 31 heavy (non-hydrogen) atoms. The summed E-state index contributed by atoms with van der Waals surface area (Å²) in [6, 6.07) is 14.5. The highest BCUT2D eigenvalue weighted by atomic mass is 16.5. The Morgan fingerprint density at radius 2 is 1.97 bits per heavy atom. The molecule has 2 aliphatic rings. The van der Waals surface area contributed by atoms with Crippen molar-refractivity contribution in [3.8, 4) is 5.88 Å². The number of anilines is 3. The number of nitrogens with one attached hydrogen (secondary N) is 2. The summed E-state index contributed by atoms with van der Waals surface area (Å²) in [7, 11) is 1.95. The van der Waals surface area contributed by atoms with Crippen LogP contribution in [0.4, 0.5) is 17.2 Å². The van der Waals surface area contributed by atoms with Crippen molar-refractivity contribution < 1.29 is 4.74 Å². The molecule has 2 N–H and O–H groups in total. The molecule has 0 spiro atoms. The first kappa shape index (κ1) is 19.6. The summed E-state index contributed by atoms with van der Waals surface area (Å²) in [6.45, 7) is 7.27. The Bertz CT molecular complexity index is 1120. The Kier molecular flexibility index (Phi) is 5.07. The third kappa shape index (κ3) is 3.98. The van der Waals surface area contributed by atoms with Crippen LogP contribution in [0, 0.1) is 6.92 Å². The highest BCUT2D eigenvalue weighted by molar-refractivity contribution is 5.97. The number of hydrogen-bond donors (Lipinski definition) is 2. The highest BCUT2D eigenvalue weighted by Crippen LogP contribution is 2.29. The van der Waals surface area contributed by atoms with Crippen LogP contribution in [0.15, 0.2) is 47.5 Å². The maximum absolute atomic E-state index is 6.32. The van der Waals surface area contributed by atoms with Gasteiger partial charge in [0, 0.05) is 43.6 Å². The van der Waals surface area contributed by atoms with Crippen molar-refractivity contribution in [1.82, 2.24) is 20.1 Å². The predicted octanol–water partition coefficient (Wildman–Crippen LogP) is 3.33. The molecule has 5 rings (SSSR count). The molecule has 0 aliphatic carbocycles. The molecule has 0 radical (unpaired) electrons. The van der Waals surface area contributed by atoms with E-state index in [1.807, 2.05) is 31.6 Å². The topological polar surface area (TPSA) is 79.6 Å². The summed E-state index contributed by atoms with van der Waals surface area (Å²) in [5.41, 5.74) is 5.20. The average molecular weight is 418 g/mol. The fourth-order valence-electron chi connectivity index (χ4n) is 4.13.